The number of benzene rings is 10. The maximum absolute atomic E-state index is 2.40. The Labute approximate surface area is 322 Å². The van der Waals surface area contributed by atoms with Crippen LogP contribution in [0.25, 0.3) is 76.8 Å². The van der Waals surface area contributed by atoms with Crippen LogP contribution >= 0.6 is 0 Å². The summed E-state index contributed by atoms with van der Waals surface area (Å²) in [6.07, 6.45) is 0. The van der Waals surface area contributed by atoms with Crippen LogP contribution in [0.2, 0.25) is 0 Å². The fraction of sp³-hybridized carbons (Fsp3) is 0. The second-order valence-corrected chi connectivity index (χ2v) is 14.1. The Hall–Kier alpha value is -7.22. The monoisotopic (exact) mass is 699 g/mol. The summed E-state index contributed by atoms with van der Waals surface area (Å²) in [6.45, 7) is 0. The van der Waals surface area contributed by atoms with E-state index in [1.807, 2.05) is 0 Å². The molecule has 10 aromatic rings. The molecule has 0 spiro atoms. The van der Waals surface area contributed by atoms with Gasteiger partial charge in [-0.05, 0) is 113 Å². The Balaban J connectivity index is 1.13. The molecule has 1 nitrogen and oxygen atoms in total. The molecule has 0 amide bonds. The molecule has 0 saturated heterocycles. The van der Waals surface area contributed by atoms with E-state index in [-0.39, 0.29) is 0 Å². The summed E-state index contributed by atoms with van der Waals surface area (Å²) >= 11 is 0. The minimum Gasteiger partial charge on any atom is -0.310 e. The molecule has 1 heteroatoms. The first kappa shape index (κ1) is 32.4. The molecule has 0 radical (unpaired) electrons. The number of fused-ring (bicyclic) bond motifs is 3. The van der Waals surface area contributed by atoms with Crippen molar-refractivity contribution in [1.82, 2.24) is 0 Å². The molecule has 0 bridgehead atoms. The van der Waals surface area contributed by atoms with Crippen LogP contribution in [0.15, 0.2) is 224 Å². The SMILES string of the molecule is c1ccc(-c2ccc(N(c3ccc(-c4ccc(-c5ccccc5)c5ccccc45)cc3)c3cc(-c4cccc5ccccc45)c4ccccc4c3)cc2)cc1. The van der Waals surface area contributed by atoms with E-state index < -0.39 is 0 Å². The zero-order valence-corrected chi connectivity index (χ0v) is 30.3. The zero-order valence-electron chi connectivity index (χ0n) is 30.3. The largest absolute Gasteiger partial charge is 0.310 e. The lowest BCUT2D eigenvalue weighted by Crippen LogP contribution is -2.10. The van der Waals surface area contributed by atoms with Crippen LogP contribution in [0.3, 0.4) is 0 Å². The lowest BCUT2D eigenvalue weighted by atomic mass is 9.92. The van der Waals surface area contributed by atoms with Crippen LogP contribution in [0.1, 0.15) is 0 Å². The van der Waals surface area contributed by atoms with Crippen LogP contribution in [-0.2, 0) is 0 Å². The summed E-state index contributed by atoms with van der Waals surface area (Å²) in [7, 11) is 0. The van der Waals surface area contributed by atoms with Gasteiger partial charge in [-0.2, -0.15) is 0 Å². The first-order valence-electron chi connectivity index (χ1n) is 18.9. The van der Waals surface area contributed by atoms with Gasteiger partial charge in [-0.15, -0.1) is 0 Å². The molecule has 0 aromatic heterocycles. The third kappa shape index (κ3) is 6.02. The first-order valence-corrected chi connectivity index (χ1v) is 18.9. The highest BCUT2D eigenvalue weighted by Crippen LogP contribution is 2.43. The number of hydrogen-bond donors (Lipinski definition) is 0. The van der Waals surface area contributed by atoms with E-state index in [4.69, 9.17) is 0 Å². The fourth-order valence-corrected chi connectivity index (χ4v) is 8.20. The lowest BCUT2D eigenvalue weighted by molar-refractivity contribution is 1.29. The van der Waals surface area contributed by atoms with Crippen molar-refractivity contribution >= 4 is 49.4 Å². The molecule has 0 unspecified atom stereocenters. The average molecular weight is 700 g/mol. The quantitative estimate of drug-likeness (QED) is 0.160. The molecule has 10 rings (SSSR count). The summed E-state index contributed by atoms with van der Waals surface area (Å²) in [4.78, 5) is 2.40. The predicted molar refractivity (Wildman–Crippen MR) is 235 cm³/mol. The Bertz CT molecular complexity index is 2940. The summed E-state index contributed by atoms with van der Waals surface area (Å²) < 4.78 is 0. The molecule has 0 aliphatic heterocycles. The van der Waals surface area contributed by atoms with Gasteiger partial charge in [-0.3, -0.25) is 0 Å². The maximum Gasteiger partial charge on any atom is 0.0474 e. The molecule has 55 heavy (non-hydrogen) atoms. The van der Waals surface area contributed by atoms with E-state index in [0.29, 0.717) is 0 Å². The molecule has 0 saturated carbocycles. The third-order valence-corrected chi connectivity index (χ3v) is 10.9. The van der Waals surface area contributed by atoms with E-state index in [0.717, 1.165) is 17.1 Å². The fourth-order valence-electron chi connectivity index (χ4n) is 8.20. The second-order valence-electron chi connectivity index (χ2n) is 14.1. The molecule has 258 valence electrons. The van der Waals surface area contributed by atoms with Crippen LogP contribution in [-0.4, -0.2) is 0 Å². The summed E-state index contributed by atoms with van der Waals surface area (Å²) in [6, 6.07) is 81.4. The number of hydrogen-bond acceptors (Lipinski definition) is 1. The van der Waals surface area contributed by atoms with Crippen LogP contribution in [0, 0.1) is 0 Å². The van der Waals surface area contributed by atoms with Gasteiger partial charge in [-0.25, -0.2) is 0 Å². The van der Waals surface area contributed by atoms with E-state index >= 15 is 0 Å². The van der Waals surface area contributed by atoms with E-state index in [2.05, 4.69) is 229 Å². The summed E-state index contributed by atoms with van der Waals surface area (Å²) in [5.74, 6) is 0. The minimum atomic E-state index is 1.10. The Morgan fingerprint density at radius 2 is 0.655 bits per heavy atom. The summed E-state index contributed by atoms with van der Waals surface area (Å²) in [5, 5.41) is 7.44. The standard InChI is InChI=1S/C54H37N/c1-3-14-38(15-4-1)39-26-30-44(31-27-39)55(46-36-43-19-8-10-22-48(43)54(37-46)53-25-13-20-41-18-7-9-21-47(41)53)45-32-28-42(29-33-45)50-35-34-49(40-16-5-2-6-17-40)51-23-11-12-24-52(50)51/h1-37H. The lowest BCUT2D eigenvalue weighted by Gasteiger charge is -2.27. The Morgan fingerprint density at radius 3 is 1.27 bits per heavy atom. The van der Waals surface area contributed by atoms with Crippen molar-refractivity contribution in [2.24, 2.45) is 0 Å². The molecule has 0 atom stereocenters. The van der Waals surface area contributed by atoms with Gasteiger partial charge in [0.1, 0.15) is 0 Å². The van der Waals surface area contributed by atoms with E-state index in [1.54, 1.807) is 0 Å². The number of nitrogens with zero attached hydrogens (tertiary/aromatic N) is 1. The minimum absolute atomic E-state index is 1.10. The predicted octanol–water partition coefficient (Wildman–Crippen LogP) is 15.3. The zero-order chi connectivity index (χ0) is 36.6. The van der Waals surface area contributed by atoms with E-state index in [9.17, 15) is 0 Å². The molecular weight excluding hydrogens is 663 g/mol. The molecular formula is C54H37N. The van der Waals surface area contributed by atoms with Gasteiger partial charge in [0.2, 0.25) is 0 Å². The highest BCUT2D eigenvalue weighted by atomic mass is 15.1. The highest BCUT2D eigenvalue weighted by molar-refractivity contribution is 6.08. The van der Waals surface area contributed by atoms with Crippen LogP contribution in [0.4, 0.5) is 17.1 Å². The van der Waals surface area contributed by atoms with Gasteiger partial charge in [-0.1, -0.05) is 188 Å². The number of anilines is 3. The average Bonchev–Trinajstić information content (AvgIpc) is 3.27. The molecule has 0 N–H and O–H groups in total. The van der Waals surface area contributed by atoms with Gasteiger partial charge in [0.15, 0.2) is 0 Å². The molecule has 10 aromatic carbocycles. The Kier molecular flexibility index (Phi) is 8.24. The molecule has 0 heterocycles. The molecule has 0 aliphatic carbocycles. The van der Waals surface area contributed by atoms with Crippen molar-refractivity contribution in [1.29, 1.82) is 0 Å². The van der Waals surface area contributed by atoms with Crippen LogP contribution < -0.4 is 4.90 Å². The highest BCUT2D eigenvalue weighted by Gasteiger charge is 2.18. The van der Waals surface area contributed by atoms with Gasteiger partial charge >= 0.3 is 0 Å². The molecule has 0 fully saturated rings. The first-order chi connectivity index (χ1) is 27.3. The van der Waals surface area contributed by atoms with Gasteiger partial charge in [0.05, 0.1) is 0 Å². The van der Waals surface area contributed by atoms with Crippen molar-refractivity contribution in [3.63, 3.8) is 0 Å². The maximum atomic E-state index is 2.40. The third-order valence-electron chi connectivity index (χ3n) is 10.9. The summed E-state index contributed by atoms with van der Waals surface area (Å²) in [5.41, 5.74) is 13.1. The second kappa shape index (κ2) is 14.0. The van der Waals surface area contributed by atoms with Gasteiger partial charge < -0.3 is 4.90 Å². The van der Waals surface area contributed by atoms with E-state index in [1.165, 1.54) is 76.8 Å². The smallest absolute Gasteiger partial charge is 0.0474 e. The van der Waals surface area contributed by atoms with Gasteiger partial charge in [0, 0.05) is 17.1 Å². The van der Waals surface area contributed by atoms with Crippen molar-refractivity contribution in [2.75, 3.05) is 4.90 Å². The van der Waals surface area contributed by atoms with Crippen molar-refractivity contribution < 1.29 is 0 Å². The number of rotatable bonds is 7. The van der Waals surface area contributed by atoms with Crippen molar-refractivity contribution in [3.05, 3.63) is 224 Å². The van der Waals surface area contributed by atoms with Crippen molar-refractivity contribution in [2.45, 2.75) is 0 Å². The van der Waals surface area contributed by atoms with Crippen molar-refractivity contribution in [3.8, 4) is 44.5 Å². The Morgan fingerprint density at radius 1 is 0.218 bits per heavy atom. The van der Waals surface area contributed by atoms with Crippen LogP contribution in [0.5, 0.6) is 0 Å². The molecule has 0 aliphatic rings. The van der Waals surface area contributed by atoms with Gasteiger partial charge in [0.25, 0.3) is 0 Å². The topological polar surface area (TPSA) is 3.24 Å². The normalized spacial score (nSPS) is 11.3.